The fraction of sp³-hybridized carbons (Fsp3) is 0.158. The summed E-state index contributed by atoms with van der Waals surface area (Å²) in [5.74, 6) is 0. The summed E-state index contributed by atoms with van der Waals surface area (Å²) in [5.41, 5.74) is 12.8. The predicted molar refractivity (Wildman–Crippen MR) is 178 cm³/mol. The lowest BCUT2D eigenvalue weighted by Crippen LogP contribution is -2.22. The number of aryl methyl sites for hydroxylation is 1. The standard InChI is InChI=1S/C38H37BN2/c1-29-10-9-11-31(26-29)28-40(34-12-5-3-6-13-34)35-20-16-32(17-21-35)33-18-22-37(23-19-33)41(36-14-7-4-8-15-36)38-27-30(2)24-25-39-38/h3-5,7-12,14-24,26-27,39H,6,13,25,28H2,1-2H3. The molecule has 0 fully saturated rings. The first-order valence-corrected chi connectivity index (χ1v) is 14.8. The Morgan fingerprint density at radius 2 is 1.44 bits per heavy atom. The molecular formula is C38H37BN2. The number of para-hydroxylation sites is 1. The smallest absolute Gasteiger partial charge is 0.183 e. The number of hydrogen-bond donors (Lipinski definition) is 0. The second kappa shape index (κ2) is 12.3. The molecule has 0 radical (unpaired) electrons. The molecule has 0 saturated heterocycles. The zero-order chi connectivity index (χ0) is 28.0. The van der Waals surface area contributed by atoms with Gasteiger partial charge in [0.1, 0.15) is 0 Å². The van der Waals surface area contributed by atoms with Crippen molar-refractivity contribution in [2.45, 2.75) is 39.6 Å². The van der Waals surface area contributed by atoms with Crippen molar-refractivity contribution in [2.75, 3.05) is 9.80 Å². The van der Waals surface area contributed by atoms with Crippen molar-refractivity contribution >= 4 is 24.3 Å². The minimum atomic E-state index is 0.870. The van der Waals surface area contributed by atoms with Crippen LogP contribution in [0.3, 0.4) is 0 Å². The van der Waals surface area contributed by atoms with E-state index in [1.165, 1.54) is 56.2 Å². The fourth-order valence-electron chi connectivity index (χ4n) is 5.88. The van der Waals surface area contributed by atoms with Crippen molar-refractivity contribution in [3.05, 3.63) is 162 Å². The van der Waals surface area contributed by atoms with Crippen molar-refractivity contribution in [1.29, 1.82) is 0 Å². The van der Waals surface area contributed by atoms with Gasteiger partial charge in [0.05, 0.1) is 0 Å². The van der Waals surface area contributed by atoms with Crippen LogP contribution in [-0.2, 0) is 6.54 Å². The van der Waals surface area contributed by atoms with E-state index in [4.69, 9.17) is 0 Å². The van der Waals surface area contributed by atoms with Gasteiger partial charge in [0.25, 0.3) is 0 Å². The first-order chi connectivity index (χ1) is 20.1. The van der Waals surface area contributed by atoms with Crippen LogP contribution in [0.2, 0.25) is 6.32 Å². The lowest BCUT2D eigenvalue weighted by molar-refractivity contribution is 0.824. The van der Waals surface area contributed by atoms with Gasteiger partial charge in [-0.1, -0.05) is 102 Å². The van der Waals surface area contributed by atoms with Gasteiger partial charge >= 0.3 is 0 Å². The van der Waals surface area contributed by atoms with Crippen LogP contribution in [0, 0.1) is 6.92 Å². The summed E-state index contributed by atoms with van der Waals surface area (Å²) in [7, 11) is 1.04. The summed E-state index contributed by atoms with van der Waals surface area (Å²) < 4.78 is 0. The Hall–Kier alpha value is -4.50. The lowest BCUT2D eigenvalue weighted by Gasteiger charge is -2.30. The number of anilines is 3. The molecule has 0 unspecified atom stereocenters. The van der Waals surface area contributed by atoms with E-state index in [9.17, 15) is 0 Å². The zero-order valence-corrected chi connectivity index (χ0v) is 24.1. The molecule has 3 heteroatoms. The Balaban J connectivity index is 1.27. The molecule has 1 aliphatic heterocycles. The minimum Gasteiger partial charge on any atom is -0.341 e. The number of rotatable bonds is 8. The largest absolute Gasteiger partial charge is 0.341 e. The Bertz CT molecular complexity index is 1610. The second-order valence-electron chi connectivity index (χ2n) is 11.1. The molecule has 0 aromatic heterocycles. The lowest BCUT2D eigenvalue weighted by atomic mass is 9.66. The monoisotopic (exact) mass is 532 g/mol. The molecule has 202 valence electrons. The Labute approximate surface area is 245 Å². The third kappa shape index (κ3) is 6.31. The molecule has 0 N–H and O–H groups in total. The Kier molecular flexibility index (Phi) is 8.05. The molecule has 0 spiro atoms. The summed E-state index contributed by atoms with van der Waals surface area (Å²) in [6.45, 7) is 5.23. The maximum atomic E-state index is 2.47. The first-order valence-electron chi connectivity index (χ1n) is 14.8. The topological polar surface area (TPSA) is 6.48 Å². The number of nitrogens with zero attached hydrogens (tertiary/aromatic N) is 2. The van der Waals surface area contributed by atoms with E-state index in [-0.39, 0.29) is 0 Å². The third-order valence-electron chi connectivity index (χ3n) is 7.96. The van der Waals surface area contributed by atoms with Gasteiger partial charge in [-0.15, -0.1) is 0 Å². The van der Waals surface area contributed by atoms with Crippen molar-refractivity contribution in [3.8, 4) is 11.1 Å². The van der Waals surface area contributed by atoms with Crippen molar-refractivity contribution in [2.24, 2.45) is 0 Å². The summed E-state index contributed by atoms with van der Waals surface area (Å²) in [6.07, 6.45) is 14.6. The average molecular weight is 533 g/mol. The van der Waals surface area contributed by atoms with Crippen LogP contribution in [0.4, 0.5) is 17.1 Å². The van der Waals surface area contributed by atoms with Crippen LogP contribution < -0.4 is 9.80 Å². The van der Waals surface area contributed by atoms with Gasteiger partial charge in [-0.05, 0) is 97.5 Å². The van der Waals surface area contributed by atoms with Crippen LogP contribution in [0.1, 0.15) is 30.9 Å². The van der Waals surface area contributed by atoms with Crippen molar-refractivity contribution in [3.63, 3.8) is 0 Å². The van der Waals surface area contributed by atoms with Gasteiger partial charge in [-0.25, -0.2) is 0 Å². The van der Waals surface area contributed by atoms with Gasteiger partial charge < -0.3 is 9.80 Å². The third-order valence-corrected chi connectivity index (χ3v) is 7.96. The molecule has 41 heavy (non-hydrogen) atoms. The van der Waals surface area contributed by atoms with E-state index in [2.05, 4.69) is 157 Å². The molecule has 4 aromatic rings. The van der Waals surface area contributed by atoms with Gasteiger partial charge in [-0.2, -0.15) is 0 Å². The second-order valence-corrected chi connectivity index (χ2v) is 11.1. The van der Waals surface area contributed by atoms with E-state index in [0.717, 1.165) is 33.0 Å². The van der Waals surface area contributed by atoms with Crippen LogP contribution in [-0.4, -0.2) is 7.28 Å². The van der Waals surface area contributed by atoms with E-state index < -0.39 is 0 Å². The highest BCUT2D eigenvalue weighted by molar-refractivity contribution is 6.48. The fourth-order valence-corrected chi connectivity index (χ4v) is 5.88. The normalized spacial score (nSPS) is 14.4. The van der Waals surface area contributed by atoms with Gasteiger partial charge in [0, 0.05) is 29.3 Å². The number of benzene rings is 4. The van der Waals surface area contributed by atoms with Crippen LogP contribution in [0.5, 0.6) is 0 Å². The highest BCUT2D eigenvalue weighted by Gasteiger charge is 2.18. The molecule has 0 amide bonds. The molecule has 0 bridgehead atoms. The quantitative estimate of drug-likeness (QED) is 0.209. The van der Waals surface area contributed by atoms with Crippen LogP contribution >= 0.6 is 0 Å². The molecule has 6 rings (SSSR count). The Morgan fingerprint density at radius 1 is 0.732 bits per heavy atom. The SMILES string of the molecule is CC1=CCBC(N(c2ccccc2)c2ccc(-c3ccc(N(Cc4cccc(C)c4)C4=CC=CCC4)cc3)cc2)=C1. The average Bonchev–Trinajstić information content (AvgIpc) is 3.02. The maximum Gasteiger partial charge on any atom is 0.183 e. The molecule has 1 aliphatic carbocycles. The van der Waals surface area contributed by atoms with Crippen LogP contribution in [0.15, 0.2) is 150 Å². The van der Waals surface area contributed by atoms with E-state index in [1.807, 2.05) is 0 Å². The highest BCUT2D eigenvalue weighted by atomic mass is 15.1. The number of allylic oxidation sites excluding steroid dienone is 7. The van der Waals surface area contributed by atoms with Crippen LogP contribution in [0.25, 0.3) is 11.1 Å². The van der Waals surface area contributed by atoms with Gasteiger partial charge in [0.2, 0.25) is 0 Å². The van der Waals surface area contributed by atoms with Crippen molar-refractivity contribution in [1.82, 2.24) is 0 Å². The summed E-state index contributed by atoms with van der Waals surface area (Å²) in [6, 6.07) is 37.7. The van der Waals surface area contributed by atoms with E-state index in [1.54, 1.807) is 0 Å². The summed E-state index contributed by atoms with van der Waals surface area (Å²) in [5, 5.41) is 0. The van der Waals surface area contributed by atoms with Gasteiger partial charge in [0.15, 0.2) is 7.28 Å². The molecule has 2 aliphatic rings. The summed E-state index contributed by atoms with van der Waals surface area (Å²) >= 11 is 0. The highest BCUT2D eigenvalue weighted by Crippen LogP contribution is 2.34. The molecular weight excluding hydrogens is 495 g/mol. The molecule has 2 nitrogen and oxygen atoms in total. The van der Waals surface area contributed by atoms with E-state index in [0.29, 0.717) is 0 Å². The first kappa shape index (κ1) is 26.7. The molecule has 4 aromatic carbocycles. The zero-order valence-electron chi connectivity index (χ0n) is 24.1. The molecule has 1 heterocycles. The molecule has 0 saturated carbocycles. The minimum absolute atomic E-state index is 0.870. The number of hydrogen-bond acceptors (Lipinski definition) is 2. The van der Waals surface area contributed by atoms with E-state index >= 15 is 0 Å². The molecule has 0 atom stereocenters. The summed E-state index contributed by atoms with van der Waals surface area (Å²) in [4.78, 5) is 4.87. The van der Waals surface area contributed by atoms with Crippen molar-refractivity contribution < 1.29 is 0 Å². The Morgan fingerprint density at radius 3 is 2.10 bits per heavy atom. The van der Waals surface area contributed by atoms with Gasteiger partial charge in [-0.3, -0.25) is 0 Å². The predicted octanol–water partition coefficient (Wildman–Crippen LogP) is 9.70. The maximum absolute atomic E-state index is 2.47.